The highest BCUT2D eigenvalue weighted by atomic mass is 15.1. The first-order valence-electron chi connectivity index (χ1n) is 6.25. The minimum absolute atomic E-state index is 0.686. The molecule has 0 saturated heterocycles. The Morgan fingerprint density at radius 2 is 2.12 bits per heavy atom. The quantitative estimate of drug-likeness (QED) is 0.772. The highest BCUT2D eigenvalue weighted by Gasteiger charge is 2.22. The normalized spacial score (nSPS) is 25.4. The molecule has 0 radical (unpaired) electrons. The van der Waals surface area contributed by atoms with Crippen LogP contribution in [0.25, 0.3) is 0 Å². The Kier molecular flexibility index (Phi) is 3.37. The molecule has 1 aromatic rings. The summed E-state index contributed by atoms with van der Waals surface area (Å²) >= 11 is 0. The first kappa shape index (κ1) is 11.3. The molecule has 16 heavy (non-hydrogen) atoms. The summed E-state index contributed by atoms with van der Waals surface area (Å²) in [7, 11) is 2.19. The third kappa shape index (κ3) is 2.49. The molecule has 1 aliphatic carbocycles. The molecule has 2 nitrogen and oxygen atoms in total. The van der Waals surface area contributed by atoms with Gasteiger partial charge in [-0.05, 0) is 37.0 Å². The number of hydrogen-bond acceptors (Lipinski definition) is 2. The fourth-order valence-corrected chi connectivity index (χ4v) is 2.71. The minimum atomic E-state index is 0.686. The van der Waals surface area contributed by atoms with Gasteiger partial charge in [0, 0.05) is 24.5 Å². The molecule has 2 N–H and O–H groups in total. The van der Waals surface area contributed by atoms with Crippen molar-refractivity contribution < 1.29 is 0 Å². The van der Waals surface area contributed by atoms with Crippen LogP contribution in [0, 0.1) is 5.92 Å². The topological polar surface area (TPSA) is 29.3 Å². The van der Waals surface area contributed by atoms with Crippen molar-refractivity contribution in [3.8, 4) is 0 Å². The van der Waals surface area contributed by atoms with Crippen LogP contribution in [0.2, 0.25) is 0 Å². The van der Waals surface area contributed by atoms with Crippen molar-refractivity contribution in [1.29, 1.82) is 0 Å². The van der Waals surface area contributed by atoms with Crippen LogP contribution in [-0.4, -0.2) is 13.1 Å². The van der Waals surface area contributed by atoms with Gasteiger partial charge >= 0.3 is 0 Å². The molecule has 0 spiro atoms. The Hall–Kier alpha value is -1.18. The van der Waals surface area contributed by atoms with Crippen molar-refractivity contribution in [2.45, 2.75) is 38.6 Å². The highest BCUT2D eigenvalue weighted by molar-refractivity contribution is 5.56. The lowest BCUT2D eigenvalue weighted by Gasteiger charge is -2.35. The fraction of sp³-hybridized carbons (Fsp3) is 0.571. The number of anilines is 2. The maximum Gasteiger partial charge on any atom is 0.0386 e. The van der Waals surface area contributed by atoms with Gasteiger partial charge in [-0.15, -0.1) is 0 Å². The molecular weight excluding hydrogens is 196 g/mol. The molecule has 1 aromatic carbocycles. The van der Waals surface area contributed by atoms with Gasteiger partial charge < -0.3 is 10.6 Å². The molecule has 1 fully saturated rings. The number of nitrogens with zero attached hydrogens (tertiary/aromatic N) is 1. The first-order chi connectivity index (χ1) is 7.66. The smallest absolute Gasteiger partial charge is 0.0386 e. The van der Waals surface area contributed by atoms with Gasteiger partial charge in [0.15, 0.2) is 0 Å². The third-order valence-electron chi connectivity index (χ3n) is 3.73. The second-order valence-electron chi connectivity index (χ2n) is 5.13. The third-order valence-corrected chi connectivity index (χ3v) is 3.73. The Morgan fingerprint density at radius 3 is 2.81 bits per heavy atom. The molecule has 2 atom stereocenters. The number of hydrogen-bond donors (Lipinski definition) is 1. The van der Waals surface area contributed by atoms with E-state index in [1.807, 2.05) is 12.1 Å². The molecule has 0 heterocycles. The van der Waals surface area contributed by atoms with Gasteiger partial charge in [-0.1, -0.05) is 25.8 Å². The van der Waals surface area contributed by atoms with E-state index >= 15 is 0 Å². The summed E-state index contributed by atoms with van der Waals surface area (Å²) in [5.74, 6) is 0.863. The van der Waals surface area contributed by atoms with Gasteiger partial charge in [0.2, 0.25) is 0 Å². The van der Waals surface area contributed by atoms with Crippen LogP contribution in [-0.2, 0) is 0 Å². The number of rotatable bonds is 2. The predicted molar refractivity (Wildman–Crippen MR) is 70.7 cm³/mol. The Bertz CT molecular complexity index is 348. The zero-order chi connectivity index (χ0) is 11.5. The van der Waals surface area contributed by atoms with Crippen LogP contribution in [0.4, 0.5) is 11.4 Å². The van der Waals surface area contributed by atoms with E-state index in [1.165, 1.54) is 31.4 Å². The van der Waals surface area contributed by atoms with Crippen molar-refractivity contribution in [2.75, 3.05) is 17.7 Å². The average Bonchev–Trinajstić information content (AvgIpc) is 2.28. The van der Waals surface area contributed by atoms with Crippen LogP contribution < -0.4 is 10.6 Å². The standard InChI is InChI=1S/C14H22N2/c1-11-5-3-7-13(9-11)16(2)14-8-4-6-12(15)10-14/h4,6,8,10-11,13H,3,5,7,9,15H2,1-2H3. The predicted octanol–water partition coefficient (Wildman–Crippen LogP) is 3.28. The molecular formula is C14H22N2. The van der Waals surface area contributed by atoms with Crippen molar-refractivity contribution in [3.63, 3.8) is 0 Å². The lowest BCUT2D eigenvalue weighted by Crippen LogP contribution is -2.35. The van der Waals surface area contributed by atoms with Crippen molar-refractivity contribution >= 4 is 11.4 Å². The van der Waals surface area contributed by atoms with Gasteiger partial charge in [-0.3, -0.25) is 0 Å². The zero-order valence-corrected chi connectivity index (χ0v) is 10.3. The number of nitrogen functional groups attached to an aromatic ring is 1. The lowest BCUT2D eigenvalue weighted by atomic mass is 9.86. The second kappa shape index (κ2) is 4.77. The van der Waals surface area contributed by atoms with Gasteiger partial charge in [0.05, 0.1) is 0 Å². The zero-order valence-electron chi connectivity index (χ0n) is 10.3. The monoisotopic (exact) mass is 218 g/mol. The summed E-state index contributed by atoms with van der Waals surface area (Å²) in [6, 6.07) is 8.88. The molecule has 2 unspecified atom stereocenters. The van der Waals surface area contributed by atoms with E-state index in [4.69, 9.17) is 5.73 Å². The summed E-state index contributed by atoms with van der Waals surface area (Å²) in [5, 5.41) is 0. The molecule has 1 saturated carbocycles. The number of benzene rings is 1. The molecule has 2 rings (SSSR count). The van der Waals surface area contributed by atoms with E-state index in [0.717, 1.165) is 11.6 Å². The molecule has 2 heteroatoms. The fourth-order valence-electron chi connectivity index (χ4n) is 2.71. The molecule has 0 amide bonds. The van der Waals surface area contributed by atoms with Crippen LogP contribution >= 0.6 is 0 Å². The van der Waals surface area contributed by atoms with Crippen molar-refractivity contribution in [1.82, 2.24) is 0 Å². The van der Waals surface area contributed by atoms with Crippen LogP contribution in [0.1, 0.15) is 32.6 Å². The number of nitrogens with two attached hydrogens (primary N) is 1. The van der Waals surface area contributed by atoms with E-state index < -0.39 is 0 Å². The van der Waals surface area contributed by atoms with Crippen LogP contribution in [0.15, 0.2) is 24.3 Å². The van der Waals surface area contributed by atoms with Gasteiger partial charge in [0.1, 0.15) is 0 Å². The molecule has 88 valence electrons. The van der Waals surface area contributed by atoms with Gasteiger partial charge in [0.25, 0.3) is 0 Å². The Morgan fingerprint density at radius 1 is 1.31 bits per heavy atom. The second-order valence-corrected chi connectivity index (χ2v) is 5.13. The summed E-state index contributed by atoms with van der Waals surface area (Å²) in [6.07, 6.45) is 5.38. The van der Waals surface area contributed by atoms with Gasteiger partial charge in [-0.25, -0.2) is 0 Å². The SMILES string of the molecule is CC1CCCC(N(C)c2cccc(N)c2)C1. The van der Waals surface area contributed by atoms with Crippen LogP contribution in [0.3, 0.4) is 0 Å². The maximum absolute atomic E-state index is 5.83. The van der Waals surface area contributed by atoms with E-state index in [1.54, 1.807) is 0 Å². The Labute approximate surface area is 98.4 Å². The summed E-state index contributed by atoms with van der Waals surface area (Å²) < 4.78 is 0. The molecule has 0 aromatic heterocycles. The van der Waals surface area contributed by atoms with Crippen LogP contribution in [0.5, 0.6) is 0 Å². The van der Waals surface area contributed by atoms with E-state index in [9.17, 15) is 0 Å². The van der Waals surface area contributed by atoms with Crippen molar-refractivity contribution in [2.24, 2.45) is 5.92 Å². The van der Waals surface area contributed by atoms with Gasteiger partial charge in [-0.2, -0.15) is 0 Å². The van der Waals surface area contributed by atoms with E-state index in [0.29, 0.717) is 6.04 Å². The average molecular weight is 218 g/mol. The van der Waals surface area contributed by atoms with E-state index in [2.05, 4.69) is 31.0 Å². The minimum Gasteiger partial charge on any atom is -0.399 e. The largest absolute Gasteiger partial charge is 0.399 e. The summed E-state index contributed by atoms with van der Waals surface area (Å²) in [5.41, 5.74) is 7.93. The summed E-state index contributed by atoms with van der Waals surface area (Å²) in [4.78, 5) is 2.39. The first-order valence-corrected chi connectivity index (χ1v) is 6.25. The lowest BCUT2D eigenvalue weighted by molar-refractivity contribution is 0.336. The van der Waals surface area contributed by atoms with E-state index in [-0.39, 0.29) is 0 Å². The molecule has 0 bridgehead atoms. The highest BCUT2D eigenvalue weighted by Crippen LogP contribution is 2.29. The molecule has 0 aliphatic heterocycles. The molecule has 1 aliphatic rings. The maximum atomic E-state index is 5.83. The summed E-state index contributed by atoms with van der Waals surface area (Å²) in [6.45, 7) is 2.36. The Balaban J connectivity index is 2.09. The van der Waals surface area contributed by atoms with Crippen molar-refractivity contribution in [3.05, 3.63) is 24.3 Å².